The fraction of sp³-hybridized carbons (Fsp3) is 0.182. The molecular weight excluding hydrogens is 296 g/mol. The van der Waals surface area contributed by atoms with Crippen LogP contribution >= 0.6 is 11.3 Å². The van der Waals surface area contributed by atoms with Crippen LogP contribution in [0.15, 0.2) is 54.6 Å². The first-order valence-electron chi connectivity index (χ1n) is 8.09. The van der Waals surface area contributed by atoms with Crippen LogP contribution in [0.1, 0.15) is 35.8 Å². The Morgan fingerprint density at radius 1 is 1.00 bits per heavy atom. The van der Waals surface area contributed by atoms with Gasteiger partial charge >= 0.3 is 0 Å². The first-order chi connectivity index (χ1) is 11.1. The minimum atomic E-state index is 0.127. The summed E-state index contributed by atoms with van der Waals surface area (Å²) in [5.74, 6) is 0.348. The minimum Gasteiger partial charge on any atom is -0.136 e. The van der Waals surface area contributed by atoms with E-state index in [4.69, 9.17) is 0 Å². The molecule has 1 heteroatoms. The van der Waals surface area contributed by atoms with Crippen molar-refractivity contribution in [1.82, 2.24) is 0 Å². The van der Waals surface area contributed by atoms with Crippen LogP contribution in [0, 0.1) is 5.41 Å². The van der Waals surface area contributed by atoms with Gasteiger partial charge in [0, 0.05) is 20.7 Å². The number of thiophene rings is 1. The first-order valence-corrected chi connectivity index (χ1v) is 8.91. The smallest absolute Gasteiger partial charge is 0.0352 e. The second kappa shape index (κ2) is 5.50. The van der Waals surface area contributed by atoms with E-state index in [9.17, 15) is 0 Å². The second-order valence-corrected chi connectivity index (χ2v) is 7.88. The van der Waals surface area contributed by atoms with E-state index < -0.39 is 0 Å². The Balaban J connectivity index is 1.87. The maximum Gasteiger partial charge on any atom is 0.0352 e. The quantitative estimate of drug-likeness (QED) is 0.713. The lowest BCUT2D eigenvalue weighted by Gasteiger charge is -2.12. The Bertz CT molecular complexity index is 934. The van der Waals surface area contributed by atoms with E-state index in [0.717, 1.165) is 0 Å². The molecule has 1 heterocycles. The van der Waals surface area contributed by atoms with E-state index in [-0.39, 0.29) is 5.41 Å². The van der Waals surface area contributed by atoms with Gasteiger partial charge in [-0.3, -0.25) is 0 Å². The largest absolute Gasteiger partial charge is 0.136 e. The molecule has 0 bridgehead atoms. The van der Waals surface area contributed by atoms with Gasteiger partial charge in [0.2, 0.25) is 0 Å². The molecule has 4 rings (SSSR count). The highest BCUT2D eigenvalue weighted by atomic mass is 32.1. The topological polar surface area (TPSA) is 0 Å². The lowest BCUT2D eigenvalue weighted by molar-refractivity contribution is 0.633. The van der Waals surface area contributed by atoms with E-state index in [1.54, 1.807) is 0 Å². The molecule has 2 aliphatic carbocycles. The molecule has 0 aliphatic heterocycles. The number of benzene rings is 1. The van der Waals surface area contributed by atoms with Crippen molar-refractivity contribution in [3.63, 3.8) is 0 Å². The Kier molecular flexibility index (Phi) is 3.46. The lowest BCUT2D eigenvalue weighted by atomic mass is 9.93. The average Bonchev–Trinajstić information content (AvgIpc) is 2.67. The number of hydrogen-bond acceptors (Lipinski definition) is 1. The van der Waals surface area contributed by atoms with Gasteiger partial charge in [-0.05, 0) is 22.4 Å². The zero-order chi connectivity index (χ0) is 15.9. The molecule has 23 heavy (non-hydrogen) atoms. The normalized spacial score (nSPS) is 20.7. The first kappa shape index (κ1) is 14.5. The van der Waals surface area contributed by atoms with Gasteiger partial charge in [0.15, 0.2) is 0 Å². The fourth-order valence-corrected chi connectivity index (χ4v) is 4.27. The number of allylic oxidation sites excluding steroid dienone is 4. The highest BCUT2D eigenvalue weighted by molar-refractivity contribution is 7.11. The molecular formula is C22H20S. The Morgan fingerprint density at radius 3 is 2.61 bits per heavy atom. The van der Waals surface area contributed by atoms with Crippen LogP contribution in [-0.2, 0) is 0 Å². The molecule has 0 nitrogen and oxygen atoms in total. The van der Waals surface area contributed by atoms with Gasteiger partial charge in [-0.25, -0.2) is 0 Å². The predicted molar refractivity (Wildman–Crippen MR) is 103 cm³/mol. The van der Waals surface area contributed by atoms with E-state index in [0.29, 0.717) is 5.92 Å². The average molecular weight is 316 g/mol. The molecule has 2 aromatic rings. The molecule has 0 saturated heterocycles. The second-order valence-electron chi connectivity index (χ2n) is 6.80. The van der Waals surface area contributed by atoms with Crippen LogP contribution in [0.5, 0.6) is 0 Å². The Morgan fingerprint density at radius 2 is 1.78 bits per heavy atom. The van der Waals surface area contributed by atoms with Crippen molar-refractivity contribution in [2.24, 2.45) is 5.41 Å². The van der Waals surface area contributed by atoms with Gasteiger partial charge in [-0.1, -0.05) is 86.7 Å². The fourth-order valence-electron chi connectivity index (χ4n) is 3.10. The molecule has 1 aromatic heterocycles. The van der Waals surface area contributed by atoms with E-state index in [1.807, 2.05) is 11.3 Å². The van der Waals surface area contributed by atoms with Crippen molar-refractivity contribution in [2.45, 2.75) is 19.8 Å². The van der Waals surface area contributed by atoms with Crippen LogP contribution in [0.3, 0.4) is 0 Å². The third-order valence-electron chi connectivity index (χ3n) is 4.48. The van der Waals surface area contributed by atoms with Crippen molar-refractivity contribution in [3.05, 3.63) is 80.4 Å². The molecule has 0 N–H and O–H groups in total. The van der Waals surface area contributed by atoms with Crippen molar-refractivity contribution in [3.8, 4) is 0 Å². The molecule has 1 unspecified atom stereocenters. The summed E-state index contributed by atoms with van der Waals surface area (Å²) in [4.78, 5) is 1.37. The van der Waals surface area contributed by atoms with Crippen molar-refractivity contribution in [2.75, 3.05) is 0 Å². The zero-order valence-electron chi connectivity index (χ0n) is 13.5. The van der Waals surface area contributed by atoms with Crippen molar-refractivity contribution in [1.29, 1.82) is 0 Å². The van der Waals surface area contributed by atoms with Crippen molar-refractivity contribution >= 4 is 35.6 Å². The summed E-state index contributed by atoms with van der Waals surface area (Å²) < 4.78 is 1.38. The van der Waals surface area contributed by atoms with Gasteiger partial charge in [-0.15, -0.1) is 11.3 Å². The van der Waals surface area contributed by atoms with Crippen LogP contribution in [0.25, 0.3) is 24.3 Å². The molecule has 0 saturated carbocycles. The Hall–Kier alpha value is -2.12. The van der Waals surface area contributed by atoms with Crippen LogP contribution in [-0.4, -0.2) is 0 Å². The highest BCUT2D eigenvalue weighted by Crippen LogP contribution is 2.28. The standard InChI is InChI=1S/C22H20S/c1-22(2)13-11-19-18-10-6-9-17(16-7-4-3-5-8-16)15-21(18)23-20(19)12-14-22/h3-15,17H,1-2H3. The summed E-state index contributed by atoms with van der Waals surface area (Å²) in [6, 6.07) is 10.7. The molecule has 0 spiro atoms. The van der Waals surface area contributed by atoms with E-state index in [2.05, 4.69) is 92.8 Å². The minimum absolute atomic E-state index is 0.127. The molecule has 0 fully saturated rings. The summed E-state index contributed by atoms with van der Waals surface area (Å²) in [5, 5.41) is 1.36. The summed E-state index contributed by atoms with van der Waals surface area (Å²) >= 11 is 1.90. The molecule has 114 valence electrons. The van der Waals surface area contributed by atoms with Gasteiger partial charge in [0.1, 0.15) is 0 Å². The lowest BCUT2D eigenvalue weighted by Crippen LogP contribution is -2.20. The SMILES string of the molecule is CC1(C)C=Cc2sc3c(c2C=C1)=CC=CC(c1ccccc1)C=3. The van der Waals surface area contributed by atoms with E-state index >= 15 is 0 Å². The number of hydrogen-bond donors (Lipinski definition) is 0. The monoisotopic (exact) mass is 316 g/mol. The third-order valence-corrected chi connectivity index (χ3v) is 5.63. The van der Waals surface area contributed by atoms with Gasteiger partial charge < -0.3 is 0 Å². The molecule has 2 aliphatic rings. The van der Waals surface area contributed by atoms with Crippen molar-refractivity contribution < 1.29 is 0 Å². The number of rotatable bonds is 1. The molecule has 1 aromatic carbocycles. The van der Waals surface area contributed by atoms with Gasteiger partial charge in [-0.2, -0.15) is 0 Å². The molecule has 0 radical (unpaired) electrons. The molecule has 1 atom stereocenters. The maximum atomic E-state index is 2.40. The summed E-state index contributed by atoms with van der Waals surface area (Å²) in [7, 11) is 0. The Labute approximate surface area is 141 Å². The van der Waals surface area contributed by atoms with Crippen LogP contribution < -0.4 is 9.75 Å². The summed E-state index contributed by atoms with van der Waals surface area (Å²) in [6.45, 7) is 4.49. The van der Waals surface area contributed by atoms with Crippen LogP contribution in [0.2, 0.25) is 0 Å². The zero-order valence-corrected chi connectivity index (χ0v) is 14.3. The molecule has 0 amide bonds. The van der Waals surface area contributed by atoms with Crippen LogP contribution in [0.4, 0.5) is 0 Å². The summed E-state index contributed by atoms with van der Waals surface area (Å²) in [6.07, 6.45) is 18.4. The highest BCUT2D eigenvalue weighted by Gasteiger charge is 2.16. The third kappa shape index (κ3) is 2.77. The summed E-state index contributed by atoms with van der Waals surface area (Å²) in [5.41, 5.74) is 2.84. The predicted octanol–water partition coefficient (Wildman–Crippen LogP) is 4.73. The number of fused-ring (bicyclic) bond motifs is 3. The van der Waals surface area contributed by atoms with E-state index in [1.165, 1.54) is 25.8 Å². The van der Waals surface area contributed by atoms with Gasteiger partial charge in [0.05, 0.1) is 0 Å². The maximum absolute atomic E-state index is 2.40. The van der Waals surface area contributed by atoms with Gasteiger partial charge in [0.25, 0.3) is 0 Å².